The van der Waals surface area contributed by atoms with E-state index in [1.54, 1.807) is 37.3 Å². The summed E-state index contributed by atoms with van der Waals surface area (Å²) in [6.45, 7) is 11.5. The number of nitrogens with zero attached hydrogens (tertiary/aromatic N) is 2. The van der Waals surface area contributed by atoms with Crippen molar-refractivity contribution in [3.8, 4) is 0 Å². The van der Waals surface area contributed by atoms with Gasteiger partial charge in [0.05, 0.1) is 10.6 Å². The predicted octanol–water partition coefficient (Wildman–Crippen LogP) is 5.06. The summed E-state index contributed by atoms with van der Waals surface area (Å²) in [5.41, 5.74) is 5.00. The lowest BCUT2D eigenvalue weighted by atomic mass is 10.1. The summed E-state index contributed by atoms with van der Waals surface area (Å²) in [7, 11) is -4.09. The SMILES string of the molecule is CCCNC(=O)[C@@H](C)N(Cc1ccc(C)cc1)C(=O)CN(c1ccc(C)cc1C)S(=O)(=O)c1ccc(C)cc1. The summed E-state index contributed by atoms with van der Waals surface area (Å²) >= 11 is 0. The van der Waals surface area contributed by atoms with Gasteiger partial charge >= 0.3 is 0 Å². The molecule has 0 fully saturated rings. The summed E-state index contributed by atoms with van der Waals surface area (Å²) in [6.07, 6.45) is 0.764. The van der Waals surface area contributed by atoms with Crippen LogP contribution in [0.15, 0.2) is 71.6 Å². The Morgan fingerprint density at radius 3 is 1.97 bits per heavy atom. The molecule has 0 bridgehead atoms. The van der Waals surface area contributed by atoms with Crippen molar-refractivity contribution in [1.29, 1.82) is 0 Å². The Morgan fingerprint density at radius 2 is 1.41 bits per heavy atom. The molecule has 0 heterocycles. The van der Waals surface area contributed by atoms with Crippen LogP contribution in [0.3, 0.4) is 0 Å². The van der Waals surface area contributed by atoms with Gasteiger partial charge < -0.3 is 10.2 Å². The van der Waals surface area contributed by atoms with E-state index in [1.807, 2.05) is 71.0 Å². The van der Waals surface area contributed by atoms with Gasteiger partial charge in [-0.05, 0) is 70.4 Å². The number of hydrogen-bond acceptors (Lipinski definition) is 4. The van der Waals surface area contributed by atoms with Gasteiger partial charge in [0, 0.05) is 13.1 Å². The number of rotatable bonds is 11. The third kappa shape index (κ3) is 7.47. The minimum absolute atomic E-state index is 0.0969. The highest BCUT2D eigenvalue weighted by molar-refractivity contribution is 7.92. The van der Waals surface area contributed by atoms with Gasteiger partial charge in [0.2, 0.25) is 11.8 Å². The maximum Gasteiger partial charge on any atom is 0.264 e. The van der Waals surface area contributed by atoms with Gasteiger partial charge in [0.15, 0.2) is 0 Å². The smallest absolute Gasteiger partial charge is 0.264 e. The van der Waals surface area contributed by atoms with Gasteiger partial charge in [0.25, 0.3) is 10.0 Å². The Hall–Kier alpha value is -3.65. The Bertz CT molecular complexity index is 1400. The number of carbonyl (C=O) groups excluding carboxylic acids is 2. The number of benzene rings is 3. The van der Waals surface area contributed by atoms with E-state index in [4.69, 9.17) is 0 Å². The van der Waals surface area contributed by atoms with Crippen LogP contribution in [0.2, 0.25) is 0 Å². The van der Waals surface area contributed by atoms with Gasteiger partial charge in [0.1, 0.15) is 12.6 Å². The standard InChI is InChI=1S/C31H39N3O4S/c1-7-18-32-31(36)26(6)33(20-27-13-8-22(2)9-14-27)30(35)21-34(29-17-12-24(4)19-25(29)5)39(37,38)28-15-10-23(3)11-16-28/h8-17,19,26H,7,18,20-21H2,1-6H3,(H,32,36)/t26-/m1/s1. The molecule has 1 N–H and O–H groups in total. The van der Waals surface area contributed by atoms with E-state index < -0.39 is 28.5 Å². The molecule has 0 aromatic heterocycles. The fourth-order valence-electron chi connectivity index (χ4n) is 4.30. The van der Waals surface area contributed by atoms with Crippen molar-refractivity contribution >= 4 is 27.5 Å². The van der Waals surface area contributed by atoms with Crippen molar-refractivity contribution in [3.63, 3.8) is 0 Å². The summed E-state index contributed by atoms with van der Waals surface area (Å²) in [5, 5.41) is 2.86. The van der Waals surface area contributed by atoms with Crippen LogP contribution in [0.5, 0.6) is 0 Å². The molecule has 8 heteroatoms. The van der Waals surface area contributed by atoms with Gasteiger partial charge in [-0.3, -0.25) is 13.9 Å². The lowest BCUT2D eigenvalue weighted by Crippen LogP contribution is -2.51. The fourth-order valence-corrected chi connectivity index (χ4v) is 5.78. The second-order valence-electron chi connectivity index (χ2n) is 10.1. The van der Waals surface area contributed by atoms with E-state index in [0.29, 0.717) is 12.2 Å². The van der Waals surface area contributed by atoms with Crippen LogP contribution in [0.4, 0.5) is 5.69 Å². The van der Waals surface area contributed by atoms with Gasteiger partial charge in [-0.15, -0.1) is 0 Å². The van der Waals surface area contributed by atoms with Crippen LogP contribution in [-0.4, -0.2) is 44.3 Å². The highest BCUT2D eigenvalue weighted by Crippen LogP contribution is 2.28. The Kier molecular flexibility index (Phi) is 9.92. The normalized spacial score (nSPS) is 12.1. The van der Waals surface area contributed by atoms with E-state index >= 15 is 0 Å². The topological polar surface area (TPSA) is 86.8 Å². The summed E-state index contributed by atoms with van der Waals surface area (Å²) < 4.78 is 29.1. The molecule has 0 saturated carbocycles. The second-order valence-corrected chi connectivity index (χ2v) is 12.0. The molecule has 3 aromatic carbocycles. The molecule has 0 unspecified atom stereocenters. The summed E-state index contributed by atoms with van der Waals surface area (Å²) in [5.74, 6) is -0.748. The first kappa shape index (κ1) is 29.9. The zero-order valence-electron chi connectivity index (χ0n) is 23.7. The monoisotopic (exact) mass is 549 g/mol. The van der Waals surface area contributed by atoms with Gasteiger partial charge in [-0.25, -0.2) is 8.42 Å². The number of carbonyl (C=O) groups is 2. The summed E-state index contributed by atoms with van der Waals surface area (Å²) in [4.78, 5) is 28.5. The van der Waals surface area contributed by atoms with Crippen molar-refractivity contribution in [2.45, 2.75) is 65.4 Å². The highest BCUT2D eigenvalue weighted by Gasteiger charge is 2.33. The van der Waals surface area contributed by atoms with Crippen LogP contribution in [0.25, 0.3) is 0 Å². The van der Waals surface area contributed by atoms with E-state index in [1.165, 1.54) is 4.90 Å². The Morgan fingerprint density at radius 1 is 0.846 bits per heavy atom. The molecule has 3 rings (SSSR count). The number of nitrogens with one attached hydrogen (secondary N) is 1. The van der Waals surface area contributed by atoms with Crippen molar-refractivity contribution < 1.29 is 18.0 Å². The highest BCUT2D eigenvalue weighted by atomic mass is 32.2. The molecule has 2 amide bonds. The first-order valence-electron chi connectivity index (χ1n) is 13.2. The average Bonchev–Trinajstić information content (AvgIpc) is 2.90. The minimum Gasteiger partial charge on any atom is -0.354 e. The molecule has 208 valence electrons. The molecule has 0 aliphatic carbocycles. The van der Waals surface area contributed by atoms with E-state index in [2.05, 4.69) is 5.32 Å². The molecular formula is C31H39N3O4S. The van der Waals surface area contributed by atoms with E-state index in [-0.39, 0.29) is 17.3 Å². The van der Waals surface area contributed by atoms with Crippen LogP contribution in [0, 0.1) is 27.7 Å². The maximum atomic E-state index is 14.0. The number of aryl methyl sites for hydroxylation is 4. The van der Waals surface area contributed by atoms with Crippen molar-refractivity contribution in [3.05, 3.63) is 94.5 Å². The van der Waals surface area contributed by atoms with Crippen LogP contribution in [-0.2, 0) is 26.2 Å². The first-order valence-corrected chi connectivity index (χ1v) is 14.7. The minimum atomic E-state index is -4.09. The lowest BCUT2D eigenvalue weighted by molar-refractivity contribution is -0.139. The van der Waals surface area contributed by atoms with Crippen molar-refractivity contribution in [2.75, 3.05) is 17.4 Å². The number of hydrogen-bond donors (Lipinski definition) is 1. The molecule has 0 aliphatic heterocycles. The molecular weight excluding hydrogens is 510 g/mol. The number of sulfonamides is 1. The molecule has 0 saturated heterocycles. The Labute approximate surface area is 232 Å². The van der Waals surface area contributed by atoms with E-state index in [0.717, 1.165) is 38.5 Å². The largest absolute Gasteiger partial charge is 0.354 e. The molecule has 39 heavy (non-hydrogen) atoms. The van der Waals surface area contributed by atoms with E-state index in [9.17, 15) is 18.0 Å². The zero-order valence-corrected chi connectivity index (χ0v) is 24.5. The molecule has 0 spiro atoms. The van der Waals surface area contributed by atoms with Crippen LogP contribution < -0.4 is 9.62 Å². The number of amides is 2. The van der Waals surface area contributed by atoms with Crippen LogP contribution >= 0.6 is 0 Å². The van der Waals surface area contributed by atoms with Gasteiger partial charge in [-0.1, -0.05) is 72.1 Å². The predicted molar refractivity (Wildman–Crippen MR) is 156 cm³/mol. The third-order valence-electron chi connectivity index (χ3n) is 6.70. The molecule has 0 radical (unpaired) electrons. The molecule has 1 atom stereocenters. The lowest BCUT2D eigenvalue weighted by Gasteiger charge is -2.32. The maximum absolute atomic E-state index is 14.0. The summed E-state index contributed by atoms with van der Waals surface area (Å²) in [6, 6.07) is 18.9. The van der Waals surface area contributed by atoms with Crippen molar-refractivity contribution in [2.24, 2.45) is 0 Å². The quantitative estimate of drug-likeness (QED) is 0.362. The molecule has 3 aromatic rings. The second kappa shape index (κ2) is 12.9. The third-order valence-corrected chi connectivity index (χ3v) is 8.47. The average molecular weight is 550 g/mol. The van der Waals surface area contributed by atoms with Crippen molar-refractivity contribution in [1.82, 2.24) is 10.2 Å². The van der Waals surface area contributed by atoms with Gasteiger partial charge in [-0.2, -0.15) is 0 Å². The van der Waals surface area contributed by atoms with Crippen LogP contribution in [0.1, 0.15) is 48.1 Å². The first-order chi connectivity index (χ1) is 18.4. The molecule has 0 aliphatic rings. The molecule has 7 nitrogen and oxygen atoms in total. The zero-order chi connectivity index (χ0) is 28.7. The fraction of sp³-hybridized carbons (Fsp3) is 0.355. The Balaban J connectivity index is 2.05. The number of anilines is 1.